The van der Waals surface area contributed by atoms with E-state index in [4.69, 9.17) is 17.3 Å². The lowest BCUT2D eigenvalue weighted by atomic mass is 10.1. The summed E-state index contributed by atoms with van der Waals surface area (Å²) in [5.41, 5.74) is 6.94. The van der Waals surface area contributed by atoms with E-state index in [9.17, 15) is 4.21 Å². The van der Waals surface area contributed by atoms with Gasteiger partial charge in [-0.3, -0.25) is 9.11 Å². The molecule has 1 aromatic carbocycles. The van der Waals surface area contributed by atoms with Crippen LogP contribution in [0, 0.1) is 0 Å². The molecule has 5 heteroatoms. The Balaban J connectivity index is 2.16. The van der Waals surface area contributed by atoms with Crippen molar-refractivity contribution < 1.29 is 4.21 Å². The first-order chi connectivity index (χ1) is 8.22. The summed E-state index contributed by atoms with van der Waals surface area (Å²) in [6.07, 6.45) is 0. The van der Waals surface area contributed by atoms with Gasteiger partial charge in [-0.1, -0.05) is 29.8 Å². The second kappa shape index (κ2) is 5.96. The minimum Gasteiger partial charge on any atom is -0.329 e. The van der Waals surface area contributed by atoms with Crippen molar-refractivity contribution in [2.45, 2.75) is 6.04 Å². The summed E-state index contributed by atoms with van der Waals surface area (Å²) < 4.78 is 11.4. The number of halogens is 1. The van der Waals surface area contributed by atoms with Crippen LogP contribution < -0.4 is 5.73 Å². The van der Waals surface area contributed by atoms with E-state index in [0.717, 1.165) is 35.2 Å². The summed E-state index contributed by atoms with van der Waals surface area (Å²) in [7, 11) is -0.657. The largest absolute Gasteiger partial charge is 0.329 e. The van der Waals surface area contributed by atoms with E-state index in [1.54, 1.807) is 0 Å². The van der Waals surface area contributed by atoms with Gasteiger partial charge in [0.1, 0.15) is 0 Å². The van der Waals surface area contributed by atoms with E-state index in [1.165, 1.54) is 0 Å². The molecule has 0 aliphatic carbocycles. The first-order valence-corrected chi connectivity index (χ1v) is 7.62. The normalized spacial score (nSPS) is 20.4. The highest BCUT2D eigenvalue weighted by atomic mass is 35.5. The smallest absolute Gasteiger partial charge is 0.0485 e. The number of hydrogen-bond acceptors (Lipinski definition) is 3. The van der Waals surface area contributed by atoms with Crippen molar-refractivity contribution in [1.82, 2.24) is 4.90 Å². The number of hydrogen-bond donors (Lipinski definition) is 1. The third-order valence-corrected chi connectivity index (χ3v) is 4.76. The Morgan fingerprint density at radius 2 is 2.00 bits per heavy atom. The molecular formula is C12H17ClN2OS. The standard InChI is InChI=1S/C12H17ClN2OS/c13-11-4-2-1-3-10(11)12(9-14)15-5-7-17(16)8-6-15/h1-4,12H,5-9,14H2/t12-/m1/s1. The topological polar surface area (TPSA) is 46.3 Å². The van der Waals surface area contributed by atoms with Crippen LogP contribution in [0.2, 0.25) is 5.02 Å². The SMILES string of the molecule is NC[C@H](c1ccccc1Cl)N1CCS(=O)CC1. The minimum atomic E-state index is -0.657. The second-order valence-electron chi connectivity index (χ2n) is 4.16. The molecule has 0 unspecified atom stereocenters. The fourth-order valence-corrected chi connectivity index (χ4v) is 3.52. The van der Waals surface area contributed by atoms with Gasteiger partial charge < -0.3 is 5.73 Å². The predicted molar refractivity (Wildman–Crippen MR) is 72.7 cm³/mol. The van der Waals surface area contributed by atoms with Gasteiger partial charge in [-0.2, -0.15) is 0 Å². The maximum Gasteiger partial charge on any atom is 0.0485 e. The molecule has 2 rings (SSSR count). The molecule has 17 heavy (non-hydrogen) atoms. The molecule has 1 aromatic rings. The molecule has 2 N–H and O–H groups in total. The lowest BCUT2D eigenvalue weighted by Crippen LogP contribution is -2.42. The van der Waals surface area contributed by atoms with Crippen molar-refractivity contribution in [3.8, 4) is 0 Å². The average molecular weight is 273 g/mol. The van der Waals surface area contributed by atoms with Crippen LogP contribution in [0.15, 0.2) is 24.3 Å². The summed E-state index contributed by atoms with van der Waals surface area (Å²) in [5.74, 6) is 1.47. The molecule has 1 atom stereocenters. The quantitative estimate of drug-likeness (QED) is 0.905. The van der Waals surface area contributed by atoms with Gasteiger partial charge in [-0.05, 0) is 11.6 Å². The lowest BCUT2D eigenvalue weighted by Gasteiger charge is -2.34. The van der Waals surface area contributed by atoms with Crippen molar-refractivity contribution in [3.05, 3.63) is 34.9 Å². The summed E-state index contributed by atoms with van der Waals surface area (Å²) in [6.45, 7) is 2.20. The minimum absolute atomic E-state index is 0.140. The summed E-state index contributed by atoms with van der Waals surface area (Å²) in [5, 5.41) is 0.759. The van der Waals surface area contributed by atoms with E-state index in [0.29, 0.717) is 6.54 Å². The average Bonchev–Trinajstić information content (AvgIpc) is 2.35. The maximum absolute atomic E-state index is 11.4. The van der Waals surface area contributed by atoms with Crippen LogP contribution in [0.25, 0.3) is 0 Å². The molecule has 1 fully saturated rings. The van der Waals surface area contributed by atoms with Gasteiger partial charge in [0.05, 0.1) is 0 Å². The Bertz CT molecular complexity index is 403. The van der Waals surface area contributed by atoms with Crippen LogP contribution in [-0.2, 0) is 10.8 Å². The Morgan fingerprint density at radius 1 is 1.35 bits per heavy atom. The maximum atomic E-state index is 11.4. The zero-order chi connectivity index (χ0) is 12.3. The van der Waals surface area contributed by atoms with Crippen molar-refractivity contribution in [3.63, 3.8) is 0 Å². The number of nitrogens with two attached hydrogens (primary N) is 1. The molecule has 0 radical (unpaired) electrons. The molecule has 0 amide bonds. The van der Waals surface area contributed by atoms with Gasteiger partial charge in [-0.25, -0.2) is 0 Å². The fraction of sp³-hybridized carbons (Fsp3) is 0.500. The van der Waals surface area contributed by atoms with Crippen LogP contribution in [0.3, 0.4) is 0 Å². The Labute approximate surface area is 109 Å². The van der Waals surface area contributed by atoms with E-state index < -0.39 is 10.8 Å². The molecular weight excluding hydrogens is 256 g/mol. The molecule has 0 spiro atoms. The fourth-order valence-electron chi connectivity index (χ4n) is 2.18. The Kier molecular flexibility index (Phi) is 4.56. The molecule has 1 heterocycles. The van der Waals surface area contributed by atoms with Crippen LogP contribution in [0.5, 0.6) is 0 Å². The summed E-state index contributed by atoms with van der Waals surface area (Å²) in [6, 6.07) is 7.95. The third kappa shape index (κ3) is 3.07. The van der Waals surface area contributed by atoms with Crippen molar-refractivity contribution in [2.75, 3.05) is 31.1 Å². The summed E-state index contributed by atoms with van der Waals surface area (Å²) in [4.78, 5) is 2.28. The highest BCUT2D eigenvalue weighted by Crippen LogP contribution is 2.27. The van der Waals surface area contributed by atoms with Gasteiger partial charge in [0.2, 0.25) is 0 Å². The van der Waals surface area contributed by atoms with Crippen LogP contribution in [-0.4, -0.2) is 40.2 Å². The highest BCUT2D eigenvalue weighted by Gasteiger charge is 2.24. The molecule has 1 aliphatic rings. The van der Waals surface area contributed by atoms with E-state index in [2.05, 4.69) is 4.90 Å². The predicted octanol–water partition coefficient (Wildman–Crippen LogP) is 1.40. The summed E-state index contributed by atoms with van der Waals surface area (Å²) >= 11 is 6.20. The van der Waals surface area contributed by atoms with E-state index >= 15 is 0 Å². The lowest BCUT2D eigenvalue weighted by molar-refractivity contribution is 0.221. The van der Waals surface area contributed by atoms with Gasteiger partial charge >= 0.3 is 0 Å². The zero-order valence-corrected chi connectivity index (χ0v) is 11.2. The number of benzene rings is 1. The van der Waals surface area contributed by atoms with Crippen LogP contribution in [0.4, 0.5) is 0 Å². The number of nitrogens with zero attached hydrogens (tertiary/aromatic N) is 1. The van der Waals surface area contributed by atoms with Crippen LogP contribution in [0.1, 0.15) is 11.6 Å². The first kappa shape index (κ1) is 13.0. The van der Waals surface area contributed by atoms with Crippen molar-refractivity contribution in [2.24, 2.45) is 5.73 Å². The second-order valence-corrected chi connectivity index (χ2v) is 6.26. The first-order valence-electron chi connectivity index (χ1n) is 5.76. The van der Waals surface area contributed by atoms with E-state index in [1.807, 2.05) is 24.3 Å². The molecule has 0 saturated carbocycles. The van der Waals surface area contributed by atoms with Gasteiger partial charge in [0.15, 0.2) is 0 Å². The van der Waals surface area contributed by atoms with Crippen molar-refractivity contribution >= 4 is 22.4 Å². The Morgan fingerprint density at radius 3 is 2.59 bits per heavy atom. The molecule has 0 aromatic heterocycles. The molecule has 3 nitrogen and oxygen atoms in total. The monoisotopic (exact) mass is 272 g/mol. The van der Waals surface area contributed by atoms with E-state index in [-0.39, 0.29) is 6.04 Å². The van der Waals surface area contributed by atoms with Crippen LogP contribution >= 0.6 is 11.6 Å². The highest BCUT2D eigenvalue weighted by molar-refractivity contribution is 7.85. The molecule has 1 aliphatic heterocycles. The molecule has 1 saturated heterocycles. The zero-order valence-electron chi connectivity index (χ0n) is 9.64. The van der Waals surface area contributed by atoms with Gasteiger partial charge in [0.25, 0.3) is 0 Å². The van der Waals surface area contributed by atoms with Crippen molar-refractivity contribution in [1.29, 1.82) is 0 Å². The van der Waals surface area contributed by atoms with Gasteiger partial charge in [-0.15, -0.1) is 0 Å². The number of rotatable bonds is 3. The third-order valence-electron chi connectivity index (χ3n) is 3.14. The Hall–Kier alpha value is -0.420. The van der Waals surface area contributed by atoms with Gasteiger partial charge in [0, 0.05) is 53.0 Å². The molecule has 94 valence electrons. The molecule has 0 bridgehead atoms.